The lowest BCUT2D eigenvalue weighted by Crippen LogP contribution is -2.63. The highest BCUT2D eigenvalue weighted by molar-refractivity contribution is 7.99. The van der Waals surface area contributed by atoms with Crippen LogP contribution >= 0.6 is 11.8 Å². The molecule has 2 amide bonds. The number of thioether (sulfide) groups is 1. The Kier molecular flexibility index (Phi) is 9.57. The van der Waals surface area contributed by atoms with Gasteiger partial charge < -0.3 is 19.9 Å². The molecule has 2 N–H and O–H groups in total. The Morgan fingerprint density at radius 3 is 2.33 bits per heavy atom. The molecule has 2 aliphatic rings. The first-order valence-electron chi connectivity index (χ1n) is 12.8. The molecule has 0 unspecified atom stereocenters. The van der Waals surface area contributed by atoms with Gasteiger partial charge in [-0.25, -0.2) is 4.98 Å². The number of likely N-dealkylation sites (N-methyl/N-ethyl adjacent to an activating group) is 1. The highest BCUT2D eigenvalue weighted by Gasteiger charge is 2.48. The maximum atomic E-state index is 13.7. The van der Waals surface area contributed by atoms with Crippen LogP contribution in [0.15, 0.2) is 48.9 Å². The maximum absolute atomic E-state index is 13.7. The Labute approximate surface area is 232 Å². The molecule has 0 aliphatic carbocycles. The fourth-order valence-electron chi connectivity index (χ4n) is 4.52. The van der Waals surface area contributed by atoms with Crippen molar-refractivity contribution in [2.45, 2.75) is 50.8 Å². The predicted octanol–water partition coefficient (Wildman–Crippen LogP) is 0.892. The molecule has 4 atom stereocenters. The minimum Gasteiger partial charge on any atom is -0.497 e. The van der Waals surface area contributed by atoms with Crippen molar-refractivity contribution >= 4 is 42.6 Å². The molecule has 2 fully saturated rings. The second kappa shape index (κ2) is 13.1. The molecule has 11 nitrogen and oxygen atoms in total. The van der Waals surface area contributed by atoms with Crippen LogP contribution in [0.2, 0.25) is 0 Å². The summed E-state index contributed by atoms with van der Waals surface area (Å²) in [5.74, 6) is -1.84. The zero-order chi connectivity index (χ0) is 27.9. The van der Waals surface area contributed by atoms with E-state index in [1.807, 2.05) is 44.2 Å². The molecule has 2 bridgehead atoms. The molecule has 206 valence electrons. The van der Waals surface area contributed by atoms with Crippen molar-refractivity contribution in [3.05, 3.63) is 60.2 Å². The molecule has 4 rings (SSSR count). The first-order chi connectivity index (χ1) is 18.7. The van der Waals surface area contributed by atoms with E-state index in [1.165, 1.54) is 30.4 Å². The molecular weight excluding hydrogens is 521 g/mol. The van der Waals surface area contributed by atoms with Crippen LogP contribution in [0, 0.1) is 5.92 Å². The second-order valence-corrected chi connectivity index (χ2v) is 11.1. The van der Waals surface area contributed by atoms with Gasteiger partial charge in [-0.3, -0.25) is 29.1 Å². The maximum Gasteiger partial charge on any atom is 0.622 e. The summed E-state index contributed by atoms with van der Waals surface area (Å²) >= 11 is 1.50. The average molecular weight is 553 g/mol. The number of aromatic nitrogens is 2. The van der Waals surface area contributed by atoms with Crippen LogP contribution in [0.5, 0.6) is 0 Å². The Balaban J connectivity index is 1.56. The van der Waals surface area contributed by atoms with Crippen LogP contribution in [0.3, 0.4) is 0 Å². The van der Waals surface area contributed by atoms with Gasteiger partial charge in [-0.1, -0.05) is 44.2 Å². The van der Waals surface area contributed by atoms with Crippen LogP contribution in [-0.4, -0.2) is 88.4 Å². The highest BCUT2D eigenvalue weighted by atomic mass is 32.2. The van der Waals surface area contributed by atoms with Gasteiger partial charge in [0.15, 0.2) is 0 Å². The third-order valence-electron chi connectivity index (χ3n) is 6.63. The number of benzene rings is 1. The minimum absolute atomic E-state index is 0.0673. The number of carbonyl (C=O) groups excluding carboxylic acids is 4. The number of hydrogen-bond donors (Lipinski definition) is 2. The number of nitrogens with one attached hydrogen (secondary N) is 2. The molecule has 39 heavy (non-hydrogen) atoms. The first-order valence-corrected chi connectivity index (χ1v) is 14.0. The lowest BCUT2D eigenvalue weighted by molar-refractivity contribution is -0.153. The van der Waals surface area contributed by atoms with Crippen LogP contribution in [0.1, 0.15) is 36.3 Å². The first kappa shape index (κ1) is 28.6. The lowest BCUT2D eigenvalue weighted by atomic mass is 9.73. The van der Waals surface area contributed by atoms with E-state index in [4.69, 9.17) is 9.31 Å². The lowest BCUT2D eigenvalue weighted by Gasteiger charge is -2.40. The molecule has 2 aromatic rings. The van der Waals surface area contributed by atoms with Crippen molar-refractivity contribution in [2.24, 2.45) is 5.92 Å². The van der Waals surface area contributed by atoms with E-state index >= 15 is 0 Å². The van der Waals surface area contributed by atoms with E-state index in [0.717, 1.165) is 5.56 Å². The minimum atomic E-state index is -1.30. The van der Waals surface area contributed by atoms with Crippen LogP contribution in [-0.2, 0) is 30.1 Å². The standard InChI is InChI=1S/C26H32BN5O6S/c1-16(2)11-22(27-37-25(35)20-14-39-15-21(32(20)3)26(36)38-27)31-23(33)18(12-17-7-5-4-6-8-17)30-24(34)19-13-28-9-10-29-19/h4-10,13,16,18,20-22H,11-12,14-15H2,1-3H3,(H,30,34)(H,31,33)/t18-,20-,21+,22-/m0/s1. The fraction of sp³-hybridized carbons (Fsp3) is 0.462. The molecule has 3 heterocycles. The summed E-state index contributed by atoms with van der Waals surface area (Å²) < 4.78 is 11.3. The molecule has 2 aliphatic heterocycles. The number of rotatable bonds is 9. The van der Waals surface area contributed by atoms with Crippen molar-refractivity contribution in [2.75, 3.05) is 18.6 Å². The average Bonchev–Trinajstić information content (AvgIpc) is 2.92. The van der Waals surface area contributed by atoms with E-state index in [0.29, 0.717) is 17.9 Å². The molecule has 1 aromatic carbocycles. The number of hydrogen-bond acceptors (Lipinski definition) is 10. The third kappa shape index (κ3) is 7.36. The third-order valence-corrected chi connectivity index (χ3v) is 7.73. The summed E-state index contributed by atoms with van der Waals surface area (Å²) in [6.07, 6.45) is 4.72. The van der Waals surface area contributed by atoms with Crippen molar-refractivity contribution in [1.82, 2.24) is 25.5 Å². The SMILES string of the molecule is CC(C)C[C@H](NC(=O)[C@H](Cc1ccccc1)NC(=O)c1cnccn1)B1OC(=O)[C@H]2CSC[C@@H](C(=O)O1)N2C. The largest absolute Gasteiger partial charge is 0.622 e. The Bertz CT molecular complexity index is 1150. The number of carbonyl (C=O) groups is 4. The monoisotopic (exact) mass is 553 g/mol. The van der Waals surface area contributed by atoms with Gasteiger partial charge in [0, 0.05) is 30.3 Å². The smallest absolute Gasteiger partial charge is 0.497 e. The quantitative estimate of drug-likeness (QED) is 0.431. The normalized spacial score (nSPS) is 21.2. The van der Waals surface area contributed by atoms with Gasteiger partial charge in [0.2, 0.25) is 5.91 Å². The van der Waals surface area contributed by atoms with Crippen molar-refractivity contribution in [3.63, 3.8) is 0 Å². The van der Waals surface area contributed by atoms with Crippen LogP contribution < -0.4 is 10.6 Å². The van der Waals surface area contributed by atoms with Gasteiger partial charge in [0.25, 0.3) is 5.91 Å². The second-order valence-electron chi connectivity index (χ2n) is 10.0. The van der Waals surface area contributed by atoms with Gasteiger partial charge in [0.1, 0.15) is 23.8 Å². The Morgan fingerprint density at radius 2 is 1.74 bits per heavy atom. The fourth-order valence-corrected chi connectivity index (χ4v) is 5.85. The summed E-state index contributed by atoms with van der Waals surface area (Å²) in [4.78, 5) is 62.2. The summed E-state index contributed by atoms with van der Waals surface area (Å²) in [5, 5.41) is 5.64. The van der Waals surface area contributed by atoms with E-state index in [-0.39, 0.29) is 18.0 Å². The van der Waals surface area contributed by atoms with Crippen molar-refractivity contribution in [1.29, 1.82) is 0 Å². The molecule has 0 spiro atoms. The summed E-state index contributed by atoms with van der Waals surface area (Å²) in [7, 11) is 0.408. The summed E-state index contributed by atoms with van der Waals surface area (Å²) in [6.45, 7) is 3.89. The molecule has 0 radical (unpaired) electrons. The molecule has 1 aromatic heterocycles. The van der Waals surface area contributed by atoms with Gasteiger partial charge in [-0.05, 0) is 24.9 Å². The number of nitrogens with zero attached hydrogens (tertiary/aromatic N) is 3. The van der Waals surface area contributed by atoms with Gasteiger partial charge in [0.05, 0.1) is 12.1 Å². The molecule has 13 heteroatoms. The van der Waals surface area contributed by atoms with Crippen LogP contribution in [0.25, 0.3) is 0 Å². The van der Waals surface area contributed by atoms with Gasteiger partial charge in [-0.15, -0.1) is 0 Å². The van der Waals surface area contributed by atoms with Crippen molar-refractivity contribution < 1.29 is 28.5 Å². The topological polar surface area (TPSA) is 140 Å². The van der Waals surface area contributed by atoms with Crippen molar-refractivity contribution in [3.8, 4) is 0 Å². The van der Waals surface area contributed by atoms with Gasteiger partial charge >= 0.3 is 19.1 Å². The van der Waals surface area contributed by atoms with Crippen LogP contribution in [0.4, 0.5) is 0 Å². The Hall–Kier alpha value is -3.45. The summed E-state index contributed by atoms with van der Waals surface area (Å²) in [5.41, 5.74) is 0.896. The molecular formula is C26H32BN5O6S. The predicted molar refractivity (Wildman–Crippen MR) is 145 cm³/mol. The van der Waals surface area contributed by atoms with E-state index in [1.54, 1.807) is 11.9 Å². The zero-order valence-electron chi connectivity index (χ0n) is 22.1. The highest BCUT2D eigenvalue weighted by Crippen LogP contribution is 2.26. The Morgan fingerprint density at radius 1 is 1.08 bits per heavy atom. The molecule has 2 saturated heterocycles. The van der Waals surface area contributed by atoms with E-state index in [9.17, 15) is 19.2 Å². The number of amides is 2. The number of fused-ring (bicyclic) bond motifs is 2. The zero-order valence-corrected chi connectivity index (χ0v) is 22.9. The van der Waals surface area contributed by atoms with E-state index < -0.39 is 54.9 Å². The molecule has 0 saturated carbocycles. The van der Waals surface area contributed by atoms with Gasteiger partial charge in [-0.2, -0.15) is 11.8 Å². The summed E-state index contributed by atoms with van der Waals surface area (Å²) in [6, 6.07) is 7.09. The van der Waals surface area contributed by atoms with E-state index in [2.05, 4.69) is 20.6 Å².